The smallest absolute Gasteiger partial charge is 0.243 e. The molecule has 4 rings (SSSR count). The Kier molecular flexibility index (Phi) is 8.00. The molecule has 1 atom stereocenters. The Morgan fingerprint density at radius 3 is 2.57 bits per heavy atom. The monoisotopic (exact) mass is 513 g/mol. The number of hydrogen-bond donors (Lipinski definition) is 2. The van der Waals surface area contributed by atoms with Crippen LogP contribution in [-0.4, -0.2) is 25.0 Å². The topological polar surface area (TPSA) is 79.9 Å². The van der Waals surface area contributed by atoms with E-state index in [1.807, 2.05) is 43.3 Å². The first-order valence-corrected chi connectivity index (χ1v) is 11.9. The van der Waals surface area contributed by atoms with Gasteiger partial charge in [-0.05, 0) is 55.5 Å². The summed E-state index contributed by atoms with van der Waals surface area (Å²) in [6.07, 6.45) is 0.133. The number of carbonyl (C=O) groups is 2. The van der Waals surface area contributed by atoms with Gasteiger partial charge in [0, 0.05) is 34.3 Å². The summed E-state index contributed by atoms with van der Waals surface area (Å²) < 4.78 is 11.4. The fraction of sp³-hybridized carbons (Fsp3) is 0.231. The summed E-state index contributed by atoms with van der Waals surface area (Å²) in [7, 11) is 0. The number of carbonyl (C=O) groups excluding carboxylic acids is 2. The number of nitrogens with one attached hydrogen (secondary N) is 2. The first-order valence-electron chi connectivity index (χ1n) is 11.2. The lowest BCUT2D eigenvalue weighted by Crippen LogP contribution is -2.36. The summed E-state index contributed by atoms with van der Waals surface area (Å²) in [5.41, 5.74) is 7.73. The van der Waals surface area contributed by atoms with E-state index in [0.29, 0.717) is 34.6 Å². The molecule has 0 bridgehead atoms. The number of hydrogen-bond acceptors (Lipinski definition) is 5. The summed E-state index contributed by atoms with van der Waals surface area (Å²) in [4.78, 5) is 27.0. The number of ether oxygens (including phenoxy) is 2. The third kappa shape index (κ3) is 6.18. The molecule has 1 aliphatic heterocycles. The van der Waals surface area contributed by atoms with Gasteiger partial charge in [0.2, 0.25) is 11.8 Å². The molecule has 3 aromatic rings. The molecule has 9 heteroatoms. The van der Waals surface area contributed by atoms with Gasteiger partial charge in [-0.25, -0.2) is 0 Å². The first kappa shape index (κ1) is 24.7. The largest absolute Gasteiger partial charge is 0.494 e. The fourth-order valence-electron chi connectivity index (χ4n) is 3.74. The average molecular weight is 514 g/mol. The molecule has 7 nitrogen and oxygen atoms in total. The highest BCUT2D eigenvalue weighted by Crippen LogP contribution is 2.29. The van der Waals surface area contributed by atoms with Crippen LogP contribution < -0.4 is 25.2 Å². The molecule has 1 saturated heterocycles. The van der Waals surface area contributed by atoms with Crippen molar-refractivity contribution in [1.82, 2.24) is 5.43 Å². The molecule has 0 aromatic heterocycles. The third-order valence-corrected chi connectivity index (χ3v) is 6.15. The molecule has 0 spiro atoms. The van der Waals surface area contributed by atoms with E-state index in [4.69, 9.17) is 32.7 Å². The molecule has 1 fully saturated rings. The molecule has 3 aromatic carbocycles. The van der Waals surface area contributed by atoms with Crippen LogP contribution in [0.25, 0.3) is 0 Å². The number of para-hydroxylation sites is 2. The zero-order valence-corrected chi connectivity index (χ0v) is 20.6. The number of nitrogens with zero attached hydrogens (tertiary/aromatic N) is 1. The Balaban J connectivity index is 1.34. The van der Waals surface area contributed by atoms with Gasteiger partial charge < -0.3 is 14.4 Å². The minimum atomic E-state index is -0.484. The molecule has 2 amide bonds. The molecule has 1 aliphatic rings. The van der Waals surface area contributed by atoms with Crippen LogP contribution in [0.3, 0.4) is 0 Å². The number of anilines is 2. The van der Waals surface area contributed by atoms with Crippen molar-refractivity contribution in [3.8, 4) is 11.5 Å². The van der Waals surface area contributed by atoms with Gasteiger partial charge in [0.15, 0.2) is 0 Å². The summed E-state index contributed by atoms with van der Waals surface area (Å²) in [5.74, 6) is 0.417. The lowest BCUT2D eigenvalue weighted by molar-refractivity contribution is -0.125. The van der Waals surface area contributed by atoms with Crippen molar-refractivity contribution in [2.75, 3.05) is 23.5 Å². The van der Waals surface area contributed by atoms with Crippen molar-refractivity contribution in [1.29, 1.82) is 0 Å². The van der Waals surface area contributed by atoms with Crippen molar-refractivity contribution in [3.05, 3.63) is 82.3 Å². The zero-order valence-electron chi connectivity index (χ0n) is 19.1. The SMILES string of the molecule is CCOc1ccc(N2C[C@H](C(=O)NNc3ccccc3OCc3ccc(Cl)cc3Cl)CC2=O)cc1. The second-order valence-corrected chi connectivity index (χ2v) is 8.81. The Morgan fingerprint density at radius 2 is 1.83 bits per heavy atom. The predicted octanol–water partition coefficient (Wildman–Crippen LogP) is 5.47. The maximum atomic E-state index is 12.8. The van der Waals surface area contributed by atoms with Crippen molar-refractivity contribution in [3.63, 3.8) is 0 Å². The van der Waals surface area contributed by atoms with Crippen LogP contribution in [-0.2, 0) is 16.2 Å². The van der Waals surface area contributed by atoms with Crippen LogP contribution in [0, 0.1) is 5.92 Å². The first-order chi connectivity index (χ1) is 16.9. The summed E-state index contributed by atoms with van der Waals surface area (Å²) in [5, 5.41) is 1.06. The molecular weight excluding hydrogens is 489 g/mol. The number of hydrazine groups is 1. The van der Waals surface area contributed by atoms with E-state index >= 15 is 0 Å². The Morgan fingerprint density at radius 1 is 1.06 bits per heavy atom. The Bertz CT molecular complexity index is 1200. The van der Waals surface area contributed by atoms with Gasteiger partial charge in [-0.15, -0.1) is 0 Å². The highest BCUT2D eigenvalue weighted by Gasteiger charge is 2.35. The number of amides is 2. The summed E-state index contributed by atoms with van der Waals surface area (Å²) >= 11 is 12.2. The highest BCUT2D eigenvalue weighted by molar-refractivity contribution is 6.35. The number of benzene rings is 3. The van der Waals surface area contributed by atoms with E-state index in [0.717, 1.165) is 17.0 Å². The summed E-state index contributed by atoms with van der Waals surface area (Å²) in [6.45, 7) is 3.01. The van der Waals surface area contributed by atoms with Crippen molar-refractivity contribution >= 4 is 46.4 Å². The van der Waals surface area contributed by atoms with Crippen molar-refractivity contribution < 1.29 is 19.1 Å². The normalized spacial score (nSPS) is 15.1. The van der Waals surface area contributed by atoms with E-state index in [-0.39, 0.29) is 24.8 Å². The Hall–Kier alpha value is -3.42. The van der Waals surface area contributed by atoms with E-state index in [2.05, 4.69) is 10.9 Å². The van der Waals surface area contributed by atoms with Gasteiger partial charge >= 0.3 is 0 Å². The van der Waals surface area contributed by atoms with Crippen LogP contribution >= 0.6 is 23.2 Å². The van der Waals surface area contributed by atoms with E-state index in [1.54, 1.807) is 35.2 Å². The Labute approximate surface area is 213 Å². The van der Waals surface area contributed by atoms with Gasteiger partial charge in [0.25, 0.3) is 0 Å². The quantitative estimate of drug-likeness (QED) is 0.371. The fourth-order valence-corrected chi connectivity index (χ4v) is 4.21. The van der Waals surface area contributed by atoms with Crippen LogP contribution in [0.1, 0.15) is 18.9 Å². The van der Waals surface area contributed by atoms with Crippen LogP contribution in [0.5, 0.6) is 11.5 Å². The maximum Gasteiger partial charge on any atom is 0.243 e. The highest BCUT2D eigenvalue weighted by atomic mass is 35.5. The average Bonchev–Trinajstić information content (AvgIpc) is 3.25. The van der Waals surface area contributed by atoms with Gasteiger partial charge in [0.05, 0.1) is 18.2 Å². The van der Waals surface area contributed by atoms with Gasteiger partial charge in [-0.2, -0.15) is 0 Å². The van der Waals surface area contributed by atoms with Gasteiger partial charge in [0.1, 0.15) is 18.1 Å². The lowest BCUT2D eigenvalue weighted by atomic mass is 10.1. The maximum absolute atomic E-state index is 12.8. The minimum Gasteiger partial charge on any atom is -0.494 e. The van der Waals surface area contributed by atoms with E-state index in [1.165, 1.54) is 0 Å². The standard InChI is InChI=1S/C26H25Cl2N3O4/c1-2-34-21-11-9-20(10-12-21)31-15-18(13-25(31)32)26(33)30-29-23-5-3-4-6-24(23)35-16-17-7-8-19(27)14-22(17)28/h3-12,14,18,29H,2,13,15-16H2,1H3,(H,30,33)/t18-/m1/s1. The van der Waals surface area contributed by atoms with Gasteiger partial charge in [-0.3, -0.25) is 20.4 Å². The molecule has 0 radical (unpaired) electrons. The molecule has 2 N–H and O–H groups in total. The minimum absolute atomic E-state index is 0.0992. The van der Waals surface area contributed by atoms with Crippen LogP contribution in [0.4, 0.5) is 11.4 Å². The van der Waals surface area contributed by atoms with E-state index < -0.39 is 5.92 Å². The molecule has 182 valence electrons. The molecule has 1 heterocycles. The molecule has 0 aliphatic carbocycles. The van der Waals surface area contributed by atoms with Crippen LogP contribution in [0.15, 0.2) is 66.7 Å². The second kappa shape index (κ2) is 11.3. The van der Waals surface area contributed by atoms with E-state index in [9.17, 15) is 9.59 Å². The molecule has 35 heavy (non-hydrogen) atoms. The third-order valence-electron chi connectivity index (χ3n) is 5.56. The molecular formula is C26H25Cl2N3O4. The molecule has 0 saturated carbocycles. The predicted molar refractivity (Wildman–Crippen MR) is 137 cm³/mol. The second-order valence-electron chi connectivity index (χ2n) is 7.97. The number of halogens is 2. The van der Waals surface area contributed by atoms with Crippen LogP contribution in [0.2, 0.25) is 10.0 Å². The van der Waals surface area contributed by atoms with Crippen molar-refractivity contribution in [2.45, 2.75) is 20.0 Å². The number of rotatable bonds is 9. The summed E-state index contributed by atoms with van der Waals surface area (Å²) in [6, 6.07) is 19.7. The molecule has 0 unspecified atom stereocenters. The van der Waals surface area contributed by atoms with Crippen molar-refractivity contribution in [2.24, 2.45) is 5.92 Å². The lowest BCUT2D eigenvalue weighted by Gasteiger charge is -2.18. The van der Waals surface area contributed by atoms with Gasteiger partial charge in [-0.1, -0.05) is 41.4 Å². The zero-order chi connectivity index (χ0) is 24.8.